The average Bonchev–Trinajstić information content (AvgIpc) is 2.84. The Kier molecular flexibility index (Phi) is 6.53. The summed E-state index contributed by atoms with van der Waals surface area (Å²) in [4.78, 5) is 5.63. The van der Waals surface area contributed by atoms with Crippen molar-refractivity contribution < 1.29 is 0 Å². The molecule has 0 saturated carbocycles. The van der Waals surface area contributed by atoms with Crippen LogP contribution in [0.2, 0.25) is 0 Å². The van der Waals surface area contributed by atoms with Gasteiger partial charge in [-0.15, -0.1) is 35.1 Å². The van der Waals surface area contributed by atoms with Crippen molar-refractivity contribution >= 4 is 51.0 Å². The molecule has 0 amide bonds. The standard InChI is InChI=1S/C10H11BrN2S2.ClH/c11-10-2-1-9(15-10)3-4-12-5-8-6-14-7-13-8;/h1-2,6-7,12H,3-5H2;1H. The van der Waals surface area contributed by atoms with E-state index < -0.39 is 0 Å². The van der Waals surface area contributed by atoms with Gasteiger partial charge in [0.1, 0.15) is 0 Å². The first kappa shape index (κ1) is 14.1. The van der Waals surface area contributed by atoms with E-state index in [0.29, 0.717) is 0 Å². The van der Waals surface area contributed by atoms with Crippen LogP contribution < -0.4 is 5.32 Å². The molecule has 16 heavy (non-hydrogen) atoms. The van der Waals surface area contributed by atoms with E-state index in [1.807, 2.05) is 5.51 Å². The van der Waals surface area contributed by atoms with Gasteiger partial charge in [-0.1, -0.05) is 0 Å². The van der Waals surface area contributed by atoms with Gasteiger partial charge < -0.3 is 5.32 Å². The van der Waals surface area contributed by atoms with Crippen molar-refractivity contribution in [3.05, 3.63) is 37.4 Å². The van der Waals surface area contributed by atoms with Gasteiger partial charge in [-0.3, -0.25) is 0 Å². The fourth-order valence-electron chi connectivity index (χ4n) is 1.24. The van der Waals surface area contributed by atoms with Crippen LogP contribution >= 0.6 is 51.0 Å². The molecule has 0 atom stereocenters. The number of thiazole rings is 1. The van der Waals surface area contributed by atoms with Gasteiger partial charge in [0.2, 0.25) is 0 Å². The number of nitrogens with zero attached hydrogens (tertiary/aromatic N) is 1. The lowest BCUT2D eigenvalue weighted by Gasteiger charge is -2.00. The van der Waals surface area contributed by atoms with Crippen LogP contribution in [0.25, 0.3) is 0 Å². The van der Waals surface area contributed by atoms with Crippen LogP contribution in [0.15, 0.2) is 26.8 Å². The first-order chi connectivity index (χ1) is 7.34. The Morgan fingerprint density at radius 1 is 1.38 bits per heavy atom. The van der Waals surface area contributed by atoms with Gasteiger partial charge in [-0.25, -0.2) is 4.98 Å². The summed E-state index contributed by atoms with van der Waals surface area (Å²) in [6.45, 7) is 1.88. The van der Waals surface area contributed by atoms with Crippen molar-refractivity contribution in [2.45, 2.75) is 13.0 Å². The van der Waals surface area contributed by atoms with E-state index in [1.54, 1.807) is 22.7 Å². The summed E-state index contributed by atoms with van der Waals surface area (Å²) < 4.78 is 1.21. The smallest absolute Gasteiger partial charge is 0.0795 e. The molecule has 2 heterocycles. The zero-order chi connectivity index (χ0) is 10.5. The second-order valence-electron chi connectivity index (χ2n) is 3.11. The van der Waals surface area contributed by atoms with Gasteiger partial charge in [0.05, 0.1) is 15.0 Å². The lowest BCUT2D eigenvalue weighted by atomic mass is 10.3. The molecule has 2 aromatic heterocycles. The molecule has 0 aliphatic heterocycles. The Bertz CT molecular complexity index is 403. The first-order valence-electron chi connectivity index (χ1n) is 4.66. The minimum absolute atomic E-state index is 0. The van der Waals surface area contributed by atoms with Crippen molar-refractivity contribution in [1.82, 2.24) is 10.3 Å². The summed E-state index contributed by atoms with van der Waals surface area (Å²) in [5.41, 5.74) is 3.00. The van der Waals surface area contributed by atoms with Crippen LogP contribution in [-0.2, 0) is 13.0 Å². The molecule has 0 bridgehead atoms. The molecule has 1 N–H and O–H groups in total. The Morgan fingerprint density at radius 2 is 2.25 bits per heavy atom. The van der Waals surface area contributed by atoms with E-state index in [2.05, 4.69) is 43.7 Å². The molecule has 2 rings (SSSR count). The van der Waals surface area contributed by atoms with Crippen LogP contribution in [-0.4, -0.2) is 11.5 Å². The summed E-state index contributed by atoms with van der Waals surface area (Å²) >= 11 is 6.90. The van der Waals surface area contributed by atoms with E-state index in [1.165, 1.54) is 8.66 Å². The molecule has 6 heteroatoms. The topological polar surface area (TPSA) is 24.9 Å². The Labute approximate surface area is 118 Å². The minimum Gasteiger partial charge on any atom is -0.311 e. The average molecular weight is 340 g/mol. The number of rotatable bonds is 5. The van der Waals surface area contributed by atoms with Gasteiger partial charge in [-0.05, 0) is 34.5 Å². The maximum Gasteiger partial charge on any atom is 0.0795 e. The molecular formula is C10H12BrClN2S2. The van der Waals surface area contributed by atoms with Crippen LogP contribution in [0, 0.1) is 0 Å². The Morgan fingerprint density at radius 3 is 2.88 bits per heavy atom. The second-order valence-corrected chi connectivity index (χ2v) is 6.38. The van der Waals surface area contributed by atoms with Gasteiger partial charge in [0.15, 0.2) is 0 Å². The third-order valence-electron chi connectivity index (χ3n) is 1.97. The second kappa shape index (κ2) is 7.40. The summed E-state index contributed by atoms with van der Waals surface area (Å²) in [5, 5.41) is 5.46. The quantitative estimate of drug-likeness (QED) is 0.840. The molecular weight excluding hydrogens is 328 g/mol. The van der Waals surface area contributed by atoms with Crippen LogP contribution in [0.1, 0.15) is 10.6 Å². The van der Waals surface area contributed by atoms with Gasteiger partial charge in [0.25, 0.3) is 0 Å². The van der Waals surface area contributed by atoms with Gasteiger partial charge in [0, 0.05) is 23.3 Å². The lowest BCUT2D eigenvalue weighted by molar-refractivity contribution is 0.681. The van der Waals surface area contributed by atoms with Gasteiger partial charge >= 0.3 is 0 Å². The number of hydrogen-bond donors (Lipinski definition) is 1. The van der Waals surface area contributed by atoms with E-state index in [4.69, 9.17) is 0 Å². The van der Waals surface area contributed by atoms with E-state index in [9.17, 15) is 0 Å². The third kappa shape index (κ3) is 4.51. The zero-order valence-electron chi connectivity index (χ0n) is 8.48. The van der Waals surface area contributed by atoms with Crippen molar-refractivity contribution in [1.29, 1.82) is 0 Å². The van der Waals surface area contributed by atoms with Crippen molar-refractivity contribution in [2.75, 3.05) is 6.54 Å². The largest absolute Gasteiger partial charge is 0.311 e. The highest BCUT2D eigenvalue weighted by Gasteiger charge is 1.98. The third-order valence-corrected chi connectivity index (χ3v) is 4.29. The first-order valence-corrected chi connectivity index (χ1v) is 7.22. The number of aromatic nitrogens is 1. The molecule has 0 aromatic carbocycles. The van der Waals surface area contributed by atoms with Crippen LogP contribution in [0.3, 0.4) is 0 Å². The monoisotopic (exact) mass is 338 g/mol. The van der Waals surface area contributed by atoms with E-state index in [-0.39, 0.29) is 12.4 Å². The Hall–Kier alpha value is 0.0600. The molecule has 0 aliphatic rings. The molecule has 0 radical (unpaired) electrons. The predicted octanol–water partition coefficient (Wildman–Crippen LogP) is 3.72. The molecule has 2 aromatic rings. The van der Waals surface area contributed by atoms with Gasteiger partial charge in [-0.2, -0.15) is 0 Å². The maximum atomic E-state index is 4.22. The Balaban J connectivity index is 0.00000128. The highest BCUT2D eigenvalue weighted by atomic mass is 79.9. The summed E-state index contributed by atoms with van der Waals surface area (Å²) in [7, 11) is 0. The lowest BCUT2D eigenvalue weighted by Crippen LogP contribution is -2.16. The predicted molar refractivity (Wildman–Crippen MR) is 76.8 cm³/mol. The van der Waals surface area contributed by atoms with Crippen molar-refractivity contribution in [3.63, 3.8) is 0 Å². The molecule has 88 valence electrons. The summed E-state index contributed by atoms with van der Waals surface area (Å²) in [6.07, 6.45) is 1.08. The molecule has 0 unspecified atom stereocenters. The van der Waals surface area contributed by atoms with Crippen molar-refractivity contribution in [2.24, 2.45) is 0 Å². The van der Waals surface area contributed by atoms with Crippen LogP contribution in [0.5, 0.6) is 0 Å². The highest BCUT2D eigenvalue weighted by Crippen LogP contribution is 2.22. The normalized spacial score (nSPS) is 10.1. The van der Waals surface area contributed by atoms with E-state index >= 15 is 0 Å². The highest BCUT2D eigenvalue weighted by molar-refractivity contribution is 9.11. The summed E-state index contributed by atoms with van der Waals surface area (Å²) in [5.74, 6) is 0. The van der Waals surface area contributed by atoms with Crippen molar-refractivity contribution in [3.8, 4) is 0 Å². The van der Waals surface area contributed by atoms with E-state index in [0.717, 1.165) is 25.2 Å². The van der Waals surface area contributed by atoms with Crippen LogP contribution in [0.4, 0.5) is 0 Å². The maximum absolute atomic E-state index is 4.22. The number of halogens is 2. The molecule has 0 aliphatic carbocycles. The number of hydrogen-bond acceptors (Lipinski definition) is 4. The zero-order valence-corrected chi connectivity index (χ0v) is 12.5. The molecule has 2 nitrogen and oxygen atoms in total. The number of thiophene rings is 1. The SMILES string of the molecule is Brc1ccc(CCNCc2cscn2)s1.Cl. The minimum atomic E-state index is 0. The molecule has 0 spiro atoms. The molecule has 0 fully saturated rings. The fourth-order valence-corrected chi connectivity index (χ4v) is 3.28. The number of nitrogens with one attached hydrogen (secondary N) is 1. The summed E-state index contributed by atoms with van der Waals surface area (Å²) in [6, 6.07) is 4.26. The fraction of sp³-hybridized carbons (Fsp3) is 0.300. The molecule has 0 saturated heterocycles.